The SMILES string of the molecule is COc1ccc(-c2[nH]n(-c3nc4ccccc4s3)c(=O)c2C(C)=Nc2ccccc2OC(F)(F)F)cc1. The van der Waals surface area contributed by atoms with Crippen LogP contribution in [-0.4, -0.2) is 33.9 Å². The number of rotatable bonds is 6. The number of hydrogen-bond acceptors (Lipinski definition) is 6. The Morgan fingerprint density at radius 3 is 2.43 bits per heavy atom. The Bertz CT molecular complexity index is 1630. The van der Waals surface area contributed by atoms with Gasteiger partial charge in [-0.2, -0.15) is 4.68 Å². The van der Waals surface area contributed by atoms with Gasteiger partial charge in [0.2, 0.25) is 5.13 Å². The summed E-state index contributed by atoms with van der Waals surface area (Å²) in [6, 6.07) is 20.0. The maximum Gasteiger partial charge on any atom is 0.573 e. The number of fused-ring (bicyclic) bond motifs is 1. The first-order valence-corrected chi connectivity index (χ1v) is 11.8. The number of nitrogens with one attached hydrogen (secondary N) is 1. The van der Waals surface area contributed by atoms with Gasteiger partial charge in [0.25, 0.3) is 5.56 Å². The van der Waals surface area contributed by atoms with Crippen molar-refractivity contribution in [1.29, 1.82) is 0 Å². The Hall–Kier alpha value is -4.38. The average molecular weight is 525 g/mol. The smallest absolute Gasteiger partial charge is 0.497 e. The molecule has 5 rings (SSSR count). The molecule has 7 nitrogen and oxygen atoms in total. The molecule has 0 aliphatic carbocycles. The lowest BCUT2D eigenvalue weighted by molar-refractivity contribution is -0.274. The van der Waals surface area contributed by atoms with Crippen molar-refractivity contribution in [1.82, 2.24) is 14.8 Å². The lowest BCUT2D eigenvalue weighted by Gasteiger charge is -2.11. The number of methoxy groups -OCH3 is 1. The monoisotopic (exact) mass is 524 g/mol. The van der Waals surface area contributed by atoms with Crippen molar-refractivity contribution >= 4 is 33.0 Å². The average Bonchev–Trinajstić information content (AvgIpc) is 3.45. The molecule has 0 bridgehead atoms. The minimum absolute atomic E-state index is 0.0647. The van der Waals surface area contributed by atoms with Gasteiger partial charge in [-0.1, -0.05) is 35.6 Å². The molecule has 0 unspecified atom stereocenters. The van der Waals surface area contributed by atoms with Gasteiger partial charge in [-0.15, -0.1) is 13.2 Å². The van der Waals surface area contributed by atoms with Crippen molar-refractivity contribution in [2.75, 3.05) is 7.11 Å². The Morgan fingerprint density at radius 1 is 1.03 bits per heavy atom. The normalized spacial score (nSPS) is 12.2. The maximum atomic E-state index is 13.7. The van der Waals surface area contributed by atoms with Gasteiger partial charge in [0.05, 0.1) is 34.3 Å². The number of hydrogen-bond donors (Lipinski definition) is 1. The van der Waals surface area contributed by atoms with Gasteiger partial charge in [-0.25, -0.2) is 9.98 Å². The summed E-state index contributed by atoms with van der Waals surface area (Å²) >= 11 is 1.33. The molecule has 37 heavy (non-hydrogen) atoms. The van der Waals surface area contributed by atoms with Crippen LogP contribution in [-0.2, 0) is 0 Å². The van der Waals surface area contributed by atoms with Crippen LogP contribution in [0.1, 0.15) is 12.5 Å². The van der Waals surface area contributed by atoms with Crippen molar-refractivity contribution < 1.29 is 22.6 Å². The number of thiazole rings is 1. The van der Waals surface area contributed by atoms with Gasteiger partial charge >= 0.3 is 6.36 Å². The van der Waals surface area contributed by atoms with E-state index < -0.39 is 17.7 Å². The summed E-state index contributed by atoms with van der Waals surface area (Å²) in [4.78, 5) is 22.6. The van der Waals surface area contributed by atoms with E-state index in [0.29, 0.717) is 22.1 Å². The molecule has 2 aromatic heterocycles. The van der Waals surface area contributed by atoms with E-state index >= 15 is 0 Å². The molecule has 2 heterocycles. The van der Waals surface area contributed by atoms with Gasteiger partial charge in [-0.3, -0.25) is 9.89 Å². The van der Waals surface area contributed by atoms with Crippen LogP contribution in [0.25, 0.3) is 26.6 Å². The lowest BCUT2D eigenvalue weighted by Crippen LogP contribution is -2.19. The predicted molar refractivity (Wildman–Crippen MR) is 137 cm³/mol. The number of benzene rings is 3. The van der Waals surface area contributed by atoms with Crippen molar-refractivity contribution in [3.8, 4) is 27.9 Å². The fourth-order valence-corrected chi connectivity index (χ4v) is 4.75. The molecule has 0 amide bonds. The van der Waals surface area contributed by atoms with E-state index in [1.807, 2.05) is 24.3 Å². The lowest BCUT2D eigenvalue weighted by atomic mass is 10.0. The number of H-pyrrole nitrogens is 1. The molecule has 0 spiro atoms. The number of aliphatic imine (C=N–C) groups is 1. The van der Waals surface area contributed by atoms with Gasteiger partial charge in [0.15, 0.2) is 5.75 Å². The van der Waals surface area contributed by atoms with Crippen LogP contribution in [0.3, 0.4) is 0 Å². The molecule has 0 saturated heterocycles. The molecule has 0 saturated carbocycles. The molecule has 3 aromatic carbocycles. The number of para-hydroxylation sites is 3. The molecule has 5 aromatic rings. The summed E-state index contributed by atoms with van der Waals surface area (Å²) in [5, 5.41) is 3.54. The Labute approximate surface area is 212 Å². The first-order chi connectivity index (χ1) is 17.7. The second kappa shape index (κ2) is 9.58. The van der Waals surface area contributed by atoms with Crippen LogP contribution in [0, 0.1) is 0 Å². The van der Waals surface area contributed by atoms with E-state index in [-0.39, 0.29) is 17.0 Å². The second-order valence-electron chi connectivity index (χ2n) is 7.91. The summed E-state index contributed by atoms with van der Waals surface area (Å²) in [5.74, 6) is 0.157. The molecular formula is C26H19F3N4O3S. The van der Waals surface area contributed by atoms with Crippen molar-refractivity contribution in [2.45, 2.75) is 13.3 Å². The summed E-state index contributed by atoms with van der Waals surface area (Å²) < 4.78 is 50.4. The standard InChI is InChI=1S/C26H19F3N4O3S/c1-15(30-18-7-3-5-9-20(18)36-26(27,28)29)22-23(16-11-13-17(35-2)14-12-16)32-33(24(22)34)25-31-19-8-4-6-10-21(19)37-25/h3-14,32H,1-2H3. The topological polar surface area (TPSA) is 81.5 Å². The molecule has 0 aliphatic rings. The third-order valence-corrected chi connectivity index (χ3v) is 6.51. The molecule has 1 N–H and O–H groups in total. The van der Waals surface area contributed by atoms with E-state index in [9.17, 15) is 18.0 Å². The minimum atomic E-state index is -4.89. The third-order valence-electron chi connectivity index (χ3n) is 5.48. The Kier molecular flexibility index (Phi) is 6.30. The molecule has 0 atom stereocenters. The van der Waals surface area contributed by atoms with Crippen molar-refractivity contribution in [2.24, 2.45) is 4.99 Å². The number of ether oxygens (including phenoxy) is 2. The summed E-state index contributed by atoms with van der Waals surface area (Å²) in [7, 11) is 1.54. The molecular weight excluding hydrogens is 505 g/mol. The van der Waals surface area contributed by atoms with Crippen LogP contribution in [0.2, 0.25) is 0 Å². The maximum absolute atomic E-state index is 13.7. The number of halogens is 3. The highest BCUT2D eigenvalue weighted by atomic mass is 32.1. The minimum Gasteiger partial charge on any atom is -0.497 e. The van der Waals surface area contributed by atoms with Crippen LogP contribution in [0.15, 0.2) is 82.6 Å². The molecule has 0 radical (unpaired) electrons. The quantitative estimate of drug-likeness (QED) is 0.258. The fraction of sp³-hybridized carbons (Fsp3) is 0.115. The zero-order chi connectivity index (χ0) is 26.2. The highest BCUT2D eigenvalue weighted by molar-refractivity contribution is 7.20. The number of nitrogens with zero attached hydrogens (tertiary/aromatic N) is 3. The Balaban J connectivity index is 1.68. The number of aromatic nitrogens is 3. The fourth-order valence-electron chi connectivity index (χ4n) is 3.83. The van der Waals surface area contributed by atoms with Crippen LogP contribution in [0.4, 0.5) is 18.9 Å². The van der Waals surface area contributed by atoms with Gasteiger partial charge < -0.3 is 9.47 Å². The first-order valence-electron chi connectivity index (χ1n) is 11.0. The van der Waals surface area contributed by atoms with Crippen molar-refractivity contribution in [3.05, 3.63) is 88.7 Å². The largest absolute Gasteiger partial charge is 0.573 e. The zero-order valence-corrected chi connectivity index (χ0v) is 20.4. The van der Waals surface area contributed by atoms with E-state index in [1.165, 1.54) is 40.3 Å². The summed E-state index contributed by atoms with van der Waals surface area (Å²) in [5.41, 5.74) is 1.70. The predicted octanol–water partition coefficient (Wildman–Crippen LogP) is 6.49. The highest BCUT2D eigenvalue weighted by Gasteiger charge is 2.32. The van der Waals surface area contributed by atoms with Gasteiger partial charge in [-0.05, 0) is 55.5 Å². The summed E-state index contributed by atoms with van der Waals surface area (Å²) in [6.07, 6.45) is -4.89. The van der Waals surface area contributed by atoms with Crippen molar-refractivity contribution in [3.63, 3.8) is 0 Å². The first kappa shape index (κ1) is 24.3. The van der Waals surface area contributed by atoms with E-state index in [1.54, 1.807) is 38.3 Å². The van der Waals surface area contributed by atoms with E-state index in [2.05, 4.69) is 19.8 Å². The van der Waals surface area contributed by atoms with Crippen LogP contribution in [0.5, 0.6) is 11.5 Å². The van der Waals surface area contributed by atoms with E-state index in [0.717, 1.165) is 10.2 Å². The third kappa shape index (κ3) is 4.98. The molecule has 0 fully saturated rings. The second-order valence-corrected chi connectivity index (χ2v) is 8.92. The molecule has 0 aliphatic heterocycles. The highest BCUT2D eigenvalue weighted by Crippen LogP contribution is 2.33. The zero-order valence-electron chi connectivity index (χ0n) is 19.5. The molecule has 188 valence electrons. The Morgan fingerprint density at radius 2 is 1.73 bits per heavy atom. The van der Waals surface area contributed by atoms with Gasteiger partial charge in [0.1, 0.15) is 11.4 Å². The number of alkyl halides is 3. The van der Waals surface area contributed by atoms with Gasteiger partial charge in [0, 0.05) is 5.56 Å². The summed E-state index contributed by atoms with van der Waals surface area (Å²) in [6.45, 7) is 1.56. The molecule has 11 heteroatoms. The number of aromatic amines is 1. The van der Waals surface area contributed by atoms with E-state index in [4.69, 9.17) is 4.74 Å². The van der Waals surface area contributed by atoms with Crippen LogP contribution < -0.4 is 15.0 Å². The van der Waals surface area contributed by atoms with Crippen LogP contribution >= 0.6 is 11.3 Å².